The van der Waals surface area contributed by atoms with Crippen molar-refractivity contribution in [1.29, 1.82) is 0 Å². The number of hydrogen-bond donors (Lipinski definition) is 0. The van der Waals surface area contributed by atoms with E-state index in [1.165, 1.54) is 18.4 Å². The highest BCUT2D eigenvalue weighted by molar-refractivity contribution is 9.10. The van der Waals surface area contributed by atoms with E-state index < -0.39 is 11.3 Å². The average molecular weight is 482 g/mol. The fraction of sp³-hybridized carbons (Fsp3) is 0.0455. The second-order valence-electron chi connectivity index (χ2n) is 6.49. The van der Waals surface area contributed by atoms with Crippen LogP contribution in [0.25, 0.3) is 43.8 Å². The molecule has 0 radical (unpaired) electrons. The van der Waals surface area contributed by atoms with Crippen LogP contribution in [0, 0.1) is 0 Å². The highest BCUT2D eigenvalue weighted by Gasteiger charge is 2.17. The third-order valence-electron chi connectivity index (χ3n) is 4.65. The van der Waals surface area contributed by atoms with Crippen LogP contribution in [-0.4, -0.2) is 12.1 Å². The van der Waals surface area contributed by atoms with Crippen LogP contribution in [0.2, 0.25) is 0 Å². The van der Waals surface area contributed by atoms with Crippen molar-refractivity contribution in [2.24, 2.45) is 0 Å². The molecule has 0 saturated heterocycles. The molecule has 148 valence electrons. The Morgan fingerprint density at radius 3 is 2.60 bits per heavy atom. The van der Waals surface area contributed by atoms with Gasteiger partial charge in [-0.15, -0.1) is 11.3 Å². The van der Waals surface area contributed by atoms with Crippen molar-refractivity contribution >= 4 is 49.2 Å². The molecule has 0 unspecified atom stereocenters. The predicted octanol–water partition coefficient (Wildman–Crippen LogP) is 5.46. The Kier molecular flexibility index (Phi) is 4.52. The molecule has 0 amide bonds. The van der Waals surface area contributed by atoms with Gasteiger partial charge in [0.05, 0.1) is 23.9 Å². The van der Waals surface area contributed by atoms with E-state index in [4.69, 9.17) is 13.6 Å². The molecule has 3 heterocycles. The molecule has 0 fully saturated rings. The number of ether oxygens (including phenoxy) is 1. The molecule has 30 heavy (non-hydrogen) atoms. The SMILES string of the molecule is COc1cccc2cc(-c3nc(-c4cc5cc(Br)ccc5oc4=O)cs3)c(=O)oc12. The van der Waals surface area contributed by atoms with Crippen molar-refractivity contribution in [1.82, 2.24) is 4.98 Å². The molecule has 8 heteroatoms. The number of halogens is 1. The van der Waals surface area contributed by atoms with Gasteiger partial charge in [-0.05, 0) is 36.4 Å². The Morgan fingerprint density at radius 1 is 0.967 bits per heavy atom. The standard InChI is InChI=1S/C22H12BrNO5S/c1-27-18-4-2-3-11-8-15(22(26)29-19(11)18)20-24-16(10-30-20)14-9-12-7-13(23)5-6-17(12)28-21(14)25/h2-10H,1H3. The van der Waals surface area contributed by atoms with Crippen LogP contribution in [0.4, 0.5) is 0 Å². The zero-order valence-corrected chi connectivity index (χ0v) is 17.9. The molecular formula is C22H12BrNO5S. The van der Waals surface area contributed by atoms with Gasteiger partial charge in [-0.1, -0.05) is 28.1 Å². The number of rotatable bonds is 3. The van der Waals surface area contributed by atoms with Crippen molar-refractivity contribution in [3.05, 3.63) is 79.2 Å². The van der Waals surface area contributed by atoms with Gasteiger partial charge in [0.2, 0.25) is 0 Å². The molecule has 0 aliphatic heterocycles. The van der Waals surface area contributed by atoms with Crippen molar-refractivity contribution in [2.45, 2.75) is 0 Å². The highest BCUT2D eigenvalue weighted by Crippen LogP contribution is 2.31. The molecule has 6 nitrogen and oxygen atoms in total. The summed E-state index contributed by atoms with van der Waals surface area (Å²) >= 11 is 4.67. The normalized spacial score (nSPS) is 11.3. The minimum Gasteiger partial charge on any atom is -0.493 e. The molecule has 0 saturated carbocycles. The maximum absolute atomic E-state index is 12.6. The van der Waals surface area contributed by atoms with Crippen molar-refractivity contribution in [3.63, 3.8) is 0 Å². The molecule has 5 rings (SSSR count). The zero-order chi connectivity index (χ0) is 20.8. The Morgan fingerprint density at radius 2 is 1.77 bits per heavy atom. The molecule has 3 aromatic heterocycles. The van der Waals surface area contributed by atoms with E-state index in [1.807, 2.05) is 18.2 Å². The number of thiazole rings is 1. The number of para-hydroxylation sites is 1. The summed E-state index contributed by atoms with van der Waals surface area (Å²) in [7, 11) is 1.52. The van der Waals surface area contributed by atoms with Gasteiger partial charge in [0.15, 0.2) is 11.3 Å². The summed E-state index contributed by atoms with van der Waals surface area (Å²) in [5, 5.41) is 3.67. The van der Waals surface area contributed by atoms with E-state index in [0.717, 1.165) is 15.2 Å². The Bertz CT molecular complexity index is 1550. The Hall–Kier alpha value is -3.23. The first-order valence-electron chi connectivity index (χ1n) is 8.84. The van der Waals surface area contributed by atoms with Crippen molar-refractivity contribution in [3.8, 4) is 27.6 Å². The number of hydrogen-bond acceptors (Lipinski definition) is 7. The smallest absolute Gasteiger partial charge is 0.346 e. The molecule has 0 atom stereocenters. The number of fused-ring (bicyclic) bond motifs is 2. The number of aromatic nitrogens is 1. The van der Waals surface area contributed by atoms with Crippen LogP contribution in [0.1, 0.15) is 0 Å². The van der Waals surface area contributed by atoms with Gasteiger partial charge in [-0.25, -0.2) is 14.6 Å². The lowest BCUT2D eigenvalue weighted by Crippen LogP contribution is -2.04. The molecule has 2 aromatic carbocycles. The average Bonchev–Trinajstić information content (AvgIpc) is 3.22. The van der Waals surface area contributed by atoms with Crippen molar-refractivity contribution in [2.75, 3.05) is 7.11 Å². The highest BCUT2D eigenvalue weighted by atomic mass is 79.9. The monoisotopic (exact) mass is 481 g/mol. The van der Waals surface area contributed by atoms with Crippen LogP contribution >= 0.6 is 27.3 Å². The third kappa shape index (κ3) is 3.14. The molecule has 0 spiro atoms. The molecule has 5 aromatic rings. The lowest BCUT2D eigenvalue weighted by atomic mass is 10.1. The van der Waals surface area contributed by atoms with E-state index >= 15 is 0 Å². The summed E-state index contributed by atoms with van der Waals surface area (Å²) in [6.45, 7) is 0. The number of nitrogens with zero attached hydrogens (tertiary/aromatic N) is 1. The maximum atomic E-state index is 12.6. The third-order valence-corrected chi connectivity index (χ3v) is 6.02. The lowest BCUT2D eigenvalue weighted by molar-refractivity contribution is 0.407. The number of methoxy groups -OCH3 is 1. The van der Waals surface area contributed by atoms with Gasteiger partial charge in [-0.3, -0.25) is 0 Å². The van der Waals surface area contributed by atoms with Crippen LogP contribution in [-0.2, 0) is 0 Å². The minimum absolute atomic E-state index is 0.319. The quantitative estimate of drug-likeness (QED) is 0.318. The molecular weight excluding hydrogens is 470 g/mol. The summed E-state index contributed by atoms with van der Waals surface area (Å²) in [6.07, 6.45) is 0. The summed E-state index contributed by atoms with van der Waals surface area (Å²) < 4.78 is 17.0. The predicted molar refractivity (Wildman–Crippen MR) is 119 cm³/mol. The number of benzene rings is 2. The van der Waals surface area contributed by atoms with Gasteiger partial charge >= 0.3 is 11.3 Å². The van der Waals surface area contributed by atoms with E-state index in [9.17, 15) is 9.59 Å². The van der Waals surface area contributed by atoms with Crippen LogP contribution in [0.3, 0.4) is 0 Å². The zero-order valence-electron chi connectivity index (χ0n) is 15.5. The molecule has 0 N–H and O–H groups in total. The first kappa shape index (κ1) is 18.8. The van der Waals surface area contributed by atoms with E-state index in [0.29, 0.717) is 38.7 Å². The summed E-state index contributed by atoms with van der Waals surface area (Å²) in [5.41, 5.74) is 0.947. The molecule has 0 aliphatic carbocycles. The lowest BCUT2D eigenvalue weighted by Gasteiger charge is -2.04. The van der Waals surface area contributed by atoms with E-state index in [1.54, 1.807) is 35.7 Å². The first-order chi connectivity index (χ1) is 14.5. The summed E-state index contributed by atoms with van der Waals surface area (Å²) in [4.78, 5) is 29.6. The minimum atomic E-state index is -0.526. The topological polar surface area (TPSA) is 82.5 Å². The second-order valence-corrected chi connectivity index (χ2v) is 8.27. The summed E-state index contributed by atoms with van der Waals surface area (Å²) in [5.74, 6) is 0.482. The van der Waals surface area contributed by atoms with Crippen LogP contribution in [0.5, 0.6) is 5.75 Å². The van der Waals surface area contributed by atoms with Gasteiger partial charge in [-0.2, -0.15) is 0 Å². The van der Waals surface area contributed by atoms with Crippen LogP contribution < -0.4 is 16.0 Å². The maximum Gasteiger partial charge on any atom is 0.346 e. The van der Waals surface area contributed by atoms with Gasteiger partial charge in [0.25, 0.3) is 0 Å². The first-order valence-corrected chi connectivity index (χ1v) is 10.5. The van der Waals surface area contributed by atoms with Gasteiger partial charge in [0.1, 0.15) is 10.6 Å². The van der Waals surface area contributed by atoms with Crippen molar-refractivity contribution < 1.29 is 13.6 Å². The summed E-state index contributed by atoms with van der Waals surface area (Å²) in [6, 6.07) is 14.2. The van der Waals surface area contributed by atoms with E-state index in [2.05, 4.69) is 20.9 Å². The Labute approximate surface area is 181 Å². The van der Waals surface area contributed by atoms with Gasteiger partial charge < -0.3 is 13.6 Å². The van der Waals surface area contributed by atoms with E-state index in [-0.39, 0.29) is 0 Å². The van der Waals surface area contributed by atoms with Crippen LogP contribution in [0.15, 0.2) is 76.8 Å². The fourth-order valence-electron chi connectivity index (χ4n) is 3.22. The largest absolute Gasteiger partial charge is 0.493 e. The molecule has 0 bridgehead atoms. The second kappa shape index (κ2) is 7.23. The molecule has 0 aliphatic rings. The fourth-order valence-corrected chi connectivity index (χ4v) is 4.42. The van der Waals surface area contributed by atoms with Gasteiger partial charge in [0, 0.05) is 20.6 Å². The Balaban J connectivity index is 1.64.